The van der Waals surface area contributed by atoms with Crippen LogP contribution in [0.25, 0.3) is 0 Å². The number of esters is 1. The zero-order valence-corrected chi connectivity index (χ0v) is 10.1. The lowest BCUT2D eigenvalue weighted by atomic mass is 9.84. The van der Waals surface area contributed by atoms with Crippen LogP contribution in [0.3, 0.4) is 0 Å². The van der Waals surface area contributed by atoms with Crippen LogP contribution in [0.2, 0.25) is 0 Å². The molecule has 0 saturated carbocycles. The van der Waals surface area contributed by atoms with Crippen LogP contribution in [0.4, 0.5) is 0 Å². The predicted octanol–water partition coefficient (Wildman–Crippen LogP) is 0.405. The molecule has 6 nitrogen and oxygen atoms in total. The molecule has 17 heavy (non-hydrogen) atoms. The van der Waals surface area contributed by atoms with E-state index < -0.39 is 23.4 Å². The summed E-state index contributed by atoms with van der Waals surface area (Å²) in [4.78, 5) is 35.6. The topological polar surface area (TPSA) is 83.9 Å². The van der Waals surface area contributed by atoms with Gasteiger partial charge in [-0.05, 0) is 25.7 Å². The van der Waals surface area contributed by atoms with Crippen LogP contribution in [0, 0.1) is 0 Å². The maximum absolute atomic E-state index is 11.8. The number of methoxy groups -OCH3 is 1. The van der Waals surface area contributed by atoms with Crippen LogP contribution < -0.4 is 0 Å². The van der Waals surface area contributed by atoms with E-state index in [1.165, 1.54) is 0 Å². The van der Waals surface area contributed by atoms with Gasteiger partial charge in [-0.1, -0.05) is 6.92 Å². The van der Waals surface area contributed by atoms with Crippen molar-refractivity contribution >= 4 is 17.8 Å². The average molecular weight is 243 g/mol. The molecule has 1 fully saturated rings. The molecular formula is C11H17NO5. The zero-order chi connectivity index (χ0) is 13.1. The molecule has 1 aliphatic rings. The highest BCUT2D eigenvalue weighted by Crippen LogP contribution is 2.31. The number of likely N-dealkylation sites (tertiary alicyclic amines) is 1. The highest BCUT2D eigenvalue weighted by molar-refractivity contribution is 6.33. The van der Waals surface area contributed by atoms with Crippen molar-refractivity contribution in [2.45, 2.75) is 38.1 Å². The summed E-state index contributed by atoms with van der Waals surface area (Å²) in [5, 5.41) is 9.32. The van der Waals surface area contributed by atoms with Gasteiger partial charge in [0.25, 0.3) is 0 Å². The van der Waals surface area contributed by atoms with E-state index in [1.54, 1.807) is 6.92 Å². The second-order valence-electron chi connectivity index (χ2n) is 4.10. The van der Waals surface area contributed by atoms with Gasteiger partial charge in [0, 0.05) is 6.54 Å². The molecule has 0 radical (unpaired) electrons. The van der Waals surface area contributed by atoms with Crippen molar-refractivity contribution in [3.63, 3.8) is 0 Å². The maximum Gasteiger partial charge on any atom is 0.396 e. The van der Waals surface area contributed by atoms with Crippen molar-refractivity contribution in [3.8, 4) is 0 Å². The number of aliphatic carboxylic acids is 1. The molecule has 0 aromatic rings. The summed E-state index contributed by atoms with van der Waals surface area (Å²) in [5.41, 5.74) is -1.26. The Balaban J connectivity index is 3.04. The summed E-state index contributed by atoms with van der Waals surface area (Å²) < 4.78 is 4.36. The number of ether oxygens (including phenoxy) is 1. The van der Waals surface area contributed by atoms with Gasteiger partial charge in [-0.3, -0.25) is 4.79 Å². The number of hydrogen-bond acceptors (Lipinski definition) is 4. The van der Waals surface area contributed by atoms with Crippen molar-refractivity contribution in [2.75, 3.05) is 13.7 Å². The normalized spacial score (nSPS) is 24.2. The Morgan fingerprint density at radius 1 is 1.35 bits per heavy atom. The van der Waals surface area contributed by atoms with Crippen molar-refractivity contribution in [1.82, 2.24) is 4.90 Å². The molecule has 6 heteroatoms. The number of piperidine rings is 1. The molecule has 0 unspecified atom stereocenters. The lowest BCUT2D eigenvalue weighted by Gasteiger charge is -2.42. The number of rotatable bonds is 2. The third-order valence-corrected chi connectivity index (χ3v) is 3.33. The van der Waals surface area contributed by atoms with Crippen LogP contribution in [0.1, 0.15) is 32.6 Å². The van der Waals surface area contributed by atoms with E-state index in [0.717, 1.165) is 18.4 Å². The van der Waals surface area contributed by atoms with Crippen LogP contribution in [0.5, 0.6) is 0 Å². The molecule has 0 aliphatic carbocycles. The molecule has 0 aromatic carbocycles. The second kappa shape index (κ2) is 5.16. The first kappa shape index (κ1) is 13.5. The summed E-state index contributed by atoms with van der Waals surface area (Å²) in [7, 11) is 1.11. The molecular weight excluding hydrogens is 226 g/mol. The maximum atomic E-state index is 11.8. The minimum Gasteiger partial charge on any atom is -0.479 e. The van der Waals surface area contributed by atoms with Gasteiger partial charge in [-0.15, -0.1) is 0 Å². The molecule has 1 amide bonds. The zero-order valence-electron chi connectivity index (χ0n) is 10.1. The summed E-state index contributed by atoms with van der Waals surface area (Å²) in [5.74, 6) is -2.93. The van der Waals surface area contributed by atoms with Gasteiger partial charge in [0.05, 0.1) is 7.11 Å². The van der Waals surface area contributed by atoms with E-state index in [1.807, 2.05) is 0 Å². The smallest absolute Gasteiger partial charge is 0.396 e. The van der Waals surface area contributed by atoms with E-state index in [2.05, 4.69) is 4.74 Å². The molecule has 96 valence electrons. The molecule has 1 atom stereocenters. The lowest BCUT2D eigenvalue weighted by Crippen LogP contribution is -2.60. The summed E-state index contributed by atoms with van der Waals surface area (Å²) in [6, 6.07) is 0. The molecule has 0 aromatic heterocycles. The van der Waals surface area contributed by atoms with E-state index in [9.17, 15) is 19.5 Å². The Hall–Kier alpha value is -1.59. The number of carboxylic acids is 1. The van der Waals surface area contributed by atoms with Crippen LogP contribution >= 0.6 is 0 Å². The van der Waals surface area contributed by atoms with Crippen LogP contribution in [-0.4, -0.2) is 47.0 Å². The molecule has 0 bridgehead atoms. The van der Waals surface area contributed by atoms with E-state index in [0.29, 0.717) is 12.8 Å². The van der Waals surface area contributed by atoms with E-state index in [-0.39, 0.29) is 13.0 Å². The summed E-state index contributed by atoms with van der Waals surface area (Å²) >= 11 is 0. The fraction of sp³-hybridized carbons (Fsp3) is 0.727. The summed E-state index contributed by atoms with van der Waals surface area (Å²) in [6.45, 7) is 1.99. The second-order valence-corrected chi connectivity index (χ2v) is 4.10. The average Bonchev–Trinajstić information content (AvgIpc) is 2.36. The van der Waals surface area contributed by atoms with Crippen LogP contribution in [-0.2, 0) is 19.1 Å². The Labute approximate surface area is 99.5 Å². The third kappa shape index (κ3) is 2.25. The third-order valence-electron chi connectivity index (χ3n) is 3.33. The first-order chi connectivity index (χ1) is 7.99. The van der Waals surface area contributed by atoms with Gasteiger partial charge in [-0.2, -0.15) is 0 Å². The van der Waals surface area contributed by atoms with Gasteiger partial charge >= 0.3 is 17.8 Å². The Morgan fingerprint density at radius 3 is 2.47 bits per heavy atom. The minimum atomic E-state index is -1.26. The van der Waals surface area contributed by atoms with Crippen molar-refractivity contribution < 1.29 is 24.2 Å². The summed E-state index contributed by atoms with van der Waals surface area (Å²) in [6.07, 6.45) is 2.11. The monoisotopic (exact) mass is 243 g/mol. The van der Waals surface area contributed by atoms with Crippen molar-refractivity contribution in [3.05, 3.63) is 0 Å². The number of carbonyl (C=O) groups is 3. The van der Waals surface area contributed by atoms with Gasteiger partial charge in [0.1, 0.15) is 5.54 Å². The van der Waals surface area contributed by atoms with Gasteiger partial charge in [0.2, 0.25) is 0 Å². The van der Waals surface area contributed by atoms with Crippen molar-refractivity contribution in [1.29, 1.82) is 0 Å². The Bertz CT molecular complexity index is 341. The molecule has 0 spiro atoms. The molecule has 1 N–H and O–H groups in total. The number of carbonyl (C=O) groups excluding carboxylic acids is 2. The largest absolute Gasteiger partial charge is 0.479 e. The quantitative estimate of drug-likeness (QED) is 0.560. The van der Waals surface area contributed by atoms with E-state index >= 15 is 0 Å². The molecule has 1 heterocycles. The van der Waals surface area contributed by atoms with Gasteiger partial charge in [-0.25, -0.2) is 9.59 Å². The number of hydrogen-bond donors (Lipinski definition) is 1. The first-order valence-corrected chi connectivity index (χ1v) is 5.63. The molecule has 1 rings (SSSR count). The predicted molar refractivity (Wildman–Crippen MR) is 58.2 cm³/mol. The minimum absolute atomic E-state index is 0.283. The highest BCUT2D eigenvalue weighted by atomic mass is 16.5. The highest BCUT2D eigenvalue weighted by Gasteiger charge is 2.48. The fourth-order valence-corrected chi connectivity index (χ4v) is 2.27. The Kier molecular flexibility index (Phi) is 4.09. The standard InChI is InChI=1S/C11H17NO5/c1-3-11(10(15)16)6-4-5-7-12(11)8(13)9(14)17-2/h3-7H2,1-2H3,(H,15,16)/t11-/m0/s1. The SMILES string of the molecule is CC[C@@]1(C(=O)O)CCCCN1C(=O)C(=O)OC. The number of amides is 1. The van der Waals surface area contributed by atoms with Crippen molar-refractivity contribution in [2.24, 2.45) is 0 Å². The molecule has 1 saturated heterocycles. The van der Waals surface area contributed by atoms with Crippen LogP contribution in [0.15, 0.2) is 0 Å². The Morgan fingerprint density at radius 2 is 2.00 bits per heavy atom. The van der Waals surface area contributed by atoms with Gasteiger partial charge in [0.15, 0.2) is 0 Å². The fourth-order valence-electron chi connectivity index (χ4n) is 2.27. The number of nitrogens with zero attached hydrogens (tertiary/aromatic N) is 1. The van der Waals surface area contributed by atoms with E-state index in [4.69, 9.17) is 0 Å². The molecule has 1 aliphatic heterocycles. The first-order valence-electron chi connectivity index (χ1n) is 5.63. The lowest BCUT2D eigenvalue weighted by molar-refractivity contribution is -0.170. The number of carboxylic acid groups (broad SMARTS) is 1. The van der Waals surface area contributed by atoms with Gasteiger partial charge < -0.3 is 14.7 Å².